The molecule has 2 aromatic rings. The van der Waals surface area contributed by atoms with Gasteiger partial charge in [-0.15, -0.1) is 0 Å². The van der Waals surface area contributed by atoms with Gasteiger partial charge in [0, 0.05) is 55.1 Å². The number of aliphatic hydroxyl groups is 6. The summed E-state index contributed by atoms with van der Waals surface area (Å²) >= 11 is 2.26. The molecule has 4 saturated heterocycles. The van der Waals surface area contributed by atoms with Gasteiger partial charge in [0.2, 0.25) is 17.9 Å². The number of thiol groups is 1. The monoisotopic (exact) mass is 1570 g/mol. The van der Waals surface area contributed by atoms with Crippen LogP contribution >= 0.6 is 55.5 Å². The van der Waals surface area contributed by atoms with Crippen molar-refractivity contribution in [2.75, 3.05) is 61.6 Å². The second-order valence-corrected chi connectivity index (χ2v) is 30.3. The van der Waals surface area contributed by atoms with Gasteiger partial charge in [0.05, 0.1) is 110 Å². The number of alkyl carbamates (subject to hydrolysis) is 1. The standard InChI is InChI=1S/C68H92IN5O23S3/c1-15-70-41-32-90-47(29-45(41)85-10)95-60-55(79)52(74-97-48-28-42(75)62(37(6)91-48)99-63(81)49-33(2)51(69)58(61(88-13)57(49)86-11)96-64-56(80)59(87-12)54(78)36(5)93-64)35(4)92-65(60)94-44-20-18-16-17-19-26-68(83)30-43(76)53(71-66(82)89-14)50(44)40(68)25-27-98-100-67(7,8)31-46(77)73-72-34(3)38-21-23-39(84-9)24-22-38/h16-17,21-25,35-37,41-42,44-45,47-48,52,54-56,59-60,62,64-65,70,74-75,78-81,83,99H,15,27-32H2,1-14H3,(H,71,82)(H,73,77)/b17-16?,40-25+,72-34+/t35-,36+,37-,41+,42+,44+,45+,47+,48+,52-,54+,55+,56-,59-,60-,62-,64+,65+,68+/m1/s1. The van der Waals surface area contributed by atoms with Gasteiger partial charge in [0.25, 0.3) is 0 Å². The molecular weight excluding hydrogens is 1480 g/mol. The number of allylic oxidation sites excluding steroid dienone is 3. The summed E-state index contributed by atoms with van der Waals surface area (Å²) in [6, 6.07) is 5.93. The van der Waals surface area contributed by atoms with Crippen LogP contribution in [-0.4, -0.2) is 241 Å². The minimum atomic E-state index is -2.18. The Balaban J connectivity index is 1.03. The summed E-state index contributed by atoms with van der Waals surface area (Å²) in [6.07, 6.45) is -14.3. The molecule has 2 amide bonds. The SMILES string of the molecule is CCN[C@H]1CO[C@@H](O[C@H]2[C@H](O[C@H]3C#CC=CC#C[C@]4(O)CC(=O)C(NC(=O)OC)=C3/C4=C\CSSC(C)(C)CC(=O)N/N=C(\C)c3ccc(OC)cc3)O[C@H](C)[C@@H](NO[C@H]3C[C@H](O)[C@H]([SH]=C(O)c4c(C)c(I)c(O[C@@H]5O[C@@H](C)[C@H](O)[C@@H](OC)[C@H]5O)c(OC)c4OC)[C@@H](C)O3)[C@@H]2O)C[C@@H]1OC. The summed E-state index contributed by atoms with van der Waals surface area (Å²) in [5.41, 5.74) is 5.19. The lowest BCUT2D eigenvalue weighted by molar-refractivity contribution is -0.336. The van der Waals surface area contributed by atoms with Crippen molar-refractivity contribution in [1.82, 2.24) is 21.5 Å². The maximum atomic E-state index is 14.4. The van der Waals surface area contributed by atoms with E-state index < -0.39 is 132 Å². The molecule has 6 aliphatic rings. The number of nitrogens with zero attached hydrogens (tertiary/aromatic N) is 1. The molecule has 2 aromatic carbocycles. The molecule has 0 aromatic heterocycles. The lowest BCUT2D eigenvalue weighted by Gasteiger charge is -2.46. The maximum absolute atomic E-state index is 14.4. The van der Waals surface area contributed by atoms with Crippen LogP contribution in [0.2, 0.25) is 0 Å². The molecule has 28 nitrogen and oxygen atoms in total. The second-order valence-electron chi connectivity index (χ2n) is 24.9. The van der Waals surface area contributed by atoms with Crippen molar-refractivity contribution >= 4 is 84.1 Å². The predicted octanol–water partition coefficient (Wildman–Crippen LogP) is 4.26. The Morgan fingerprint density at radius 2 is 1.58 bits per heavy atom. The smallest absolute Gasteiger partial charge is 0.411 e. The van der Waals surface area contributed by atoms with Crippen LogP contribution in [0.5, 0.6) is 23.0 Å². The number of nitrogens with one attached hydrogen (secondary N) is 4. The first-order valence-corrected chi connectivity index (χ1v) is 36.7. The van der Waals surface area contributed by atoms with Crippen molar-refractivity contribution in [2.24, 2.45) is 5.10 Å². The molecule has 32 heteroatoms. The van der Waals surface area contributed by atoms with E-state index in [2.05, 4.69) is 50.3 Å². The number of methoxy groups -OCH3 is 6. The van der Waals surface area contributed by atoms with Gasteiger partial charge in [-0.2, -0.15) is 21.9 Å². The Kier molecular flexibility index (Phi) is 29.6. The van der Waals surface area contributed by atoms with Crippen LogP contribution in [0.15, 0.2) is 64.4 Å². The molecule has 2 aliphatic carbocycles. The molecular formula is C68H92IN5O23S3. The zero-order chi connectivity index (χ0) is 72.9. The molecule has 0 spiro atoms. The highest BCUT2D eigenvalue weighted by atomic mass is 127. The quantitative estimate of drug-likeness (QED) is 0.00869. The third-order valence-corrected chi connectivity index (χ3v) is 23.4. The van der Waals surface area contributed by atoms with Crippen molar-refractivity contribution < 1.29 is 111 Å². The zero-order valence-electron chi connectivity index (χ0n) is 58.1. The van der Waals surface area contributed by atoms with E-state index in [0.29, 0.717) is 27.1 Å². The van der Waals surface area contributed by atoms with E-state index >= 15 is 0 Å². The number of hydroxylamine groups is 1. The van der Waals surface area contributed by atoms with Gasteiger partial charge in [-0.05, 0) is 125 Å². The number of carbonyl (C=O) groups excluding carboxylic acids is 3. The summed E-state index contributed by atoms with van der Waals surface area (Å²) in [6.45, 7) is 15.0. The van der Waals surface area contributed by atoms with Crippen LogP contribution in [0, 0.1) is 34.2 Å². The van der Waals surface area contributed by atoms with E-state index in [-0.39, 0.29) is 99.6 Å². The zero-order valence-corrected chi connectivity index (χ0v) is 62.8. The van der Waals surface area contributed by atoms with E-state index in [1.165, 1.54) is 55.1 Å². The lowest BCUT2D eigenvalue weighted by Crippen LogP contribution is -2.65. The molecule has 10 N–H and O–H groups in total. The molecule has 4 heterocycles. The molecule has 4 aliphatic heterocycles. The van der Waals surface area contributed by atoms with Gasteiger partial charge in [0.1, 0.15) is 47.4 Å². The first-order valence-electron chi connectivity index (χ1n) is 32.4. The summed E-state index contributed by atoms with van der Waals surface area (Å²) < 4.78 is 77.9. The Morgan fingerprint density at radius 3 is 2.24 bits per heavy atom. The number of rotatable bonds is 27. The highest BCUT2D eigenvalue weighted by Gasteiger charge is 2.52. The second kappa shape index (κ2) is 36.6. The van der Waals surface area contributed by atoms with E-state index in [0.717, 1.165) is 12.7 Å². The average Bonchev–Trinajstić information content (AvgIpc) is 0.759. The number of fused-ring (bicyclic) bond motifs is 2. The first kappa shape index (κ1) is 80.7. The van der Waals surface area contributed by atoms with Crippen LogP contribution in [0.1, 0.15) is 90.8 Å². The number of carbonyl (C=O) groups is 3. The van der Waals surface area contributed by atoms with Gasteiger partial charge in [-0.25, -0.2) is 10.2 Å². The van der Waals surface area contributed by atoms with Crippen LogP contribution in [0.25, 0.3) is 0 Å². The Bertz CT molecular complexity index is 3490. The number of hydrazone groups is 1. The minimum absolute atomic E-state index is 0.0608. The summed E-state index contributed by atoms with van der Waals surface area (Å²) in [5.74, 6) is 11.6. The topological polar surface area (TPSA) is 362 Å². The van der Waals surface area contributed by atoms with Gasteiger partial charge in [-0.3, -0.25) is 19.7 Å². The number of hydrogen-bond acceptors (Lipinski definition) is 27. The van der Waals surface area contributed by atoms with Crippen molar-refractivity contribution in [1.29, 1.82) is 0 Å². The number of benzene rings is 2. The van der Waals surface area contributed by atoms with Crippen molar-refractivity contribution in [2.45, 2.75) is 201 Å². The van der Waals surface area contributed by atoms with E-state index in [1.807, 2.05) is 55.5 Å². The number of amides is 2. The molecule has 19 atom stereocenters. The van der Waals surface area contributed by atoms with Gasteiger partial charge in [0.15, 0.2) is 41.8 Å². The molecule has 8 rings (SSSR count). The molecule has 552 valence electrons. The van der Waals surface area contributed by atoms with Crippen LogP contribution in [-0.2, 0) is 57.1 Å². The Labute approximate surface area is 607 Å². The lowest BCUT2D eigenvalue weighted by atomic mass is 9.75. The molecule has 0 saturated carbocycles. The van der Waals surface area contributed by atoms with Gasteiger partial charge < -0.3 is 97.5 Å². The normalized spacial score (nSPS) is 32.3. The van der Waals surface area contributed by atoms with Crippen LogP contribution in [0.4, 0.5) is 4.79 Å². The van der Waals surface area contributed by atoms with Crippen molar-refractivity contribution in [3.63, 3.8) is 0 Å². The number of Topliss-reactive ketones (excluding diaryl/α,β-unsaturated/α-hetero) is 1. The van der Waals surface area contributed by atoms with Crippen LogP contribution < -0.4 is 40.5 Å². The van der Waals surface area contributed by atoms with Gasteiger partial charge in [-0.1, -0.05) is 58.3 Å². The largest absolute Gasteiger partial charge is 0.497 e. The molecule has 100 heavy (non-hydrogen) atoms. The molecule has 0 unspecified atom stereocenters. The Hall–Kier alpha value is -4.97. The third-order valence-electron chi connectivity index (χ3n) is 17.5. The number of ether oxygens (including phenoxy) is 13. The summed E-state index contributed by atoms with van der Waals surface area (Å²) in [4.78, 5) is 47.1. The van der Waals surface area contributed by atoms with Crippen molar-refractivity contribution in [3.05, 3.63) is 79.6 Å². The molecule has 4 fully saturated rings. The number of likely N-dealkylation sites (N-methyl/N-ethyl adjacent to an activating group) is 1. The first-order chi connectivity index (χ1) is 47.6. The fourth-order valence-electron chi connectivity index (χ4n) is 12.2. The fourth-order valence-corrected chi connectivity index (χ4v) is 16.4. The average molecular weight is 1570 g/mol. The van der Waals surface area contributed by atoms with Crippen molar-refractivity contribution in [3.8, 4) is 46.7 Å². The molecule has 2 bridgehead atoms. The maximum Gasteiger partial charge on any atom is 0.411 e. The number of aliphatic hydroxyl groups excluding tert-OH is 5. The van der Waals surface area contributed by atoms with Crippen LogP contribution in [0.3, 0.4) is 0 Å². The van der Waals surface area contributed by atoms with E-state index in [1.54, 1.807) is 67.0 Å². The van der Waals surface area contributed by atoms with Gasteiger partial charge >= 0.3 is 6.09 Å². The molecule has 0 radical (unpaired) electrons. The number of hydrogen-bond donors (Lipinski definition) is 11. The fraction of sp³-hybridized carbons (Fsp3) is 0.603. The summed E-state index contributed by atoms with van der Waals surface area (Å²) in [5, 5.41) is 80.2. The highest BCUT2D eigenvalue weighted by Crippen LogP contribution is 2.48. The highest BCUT2D eigenvalue weighted by molar-refractivity contribution is 14.1. The van der Waals surface area contributed by atoms with E-state index in [9.17, 15) is 45.0 Å². The Morgan fingerprint density at radius 1 is 0.870 bits per heavy atom. The van der Waals surface area contributed by atoms with E-state index in [4.69, 9.17) is 66.4 Å². The minimum Gasteiger partial charge on any atom is -0.497 e. The summed E-state index contributed by atoms with van der Waals surface area (Å²) in [7, 11) is 11.1. The number of ketones is 1. The third kappa shape index (κ3) is 19.5. The predicted molar refractivity (Wildman–Crippen MR) is 382 cm³/mol. The number of halogens is 1.